The highest BCUT2D eigenvalue weighted by atomic mass is 16.6. The van der Waals surface area contributed by atoms with Crippen LogP contribution in [0.5, 0.6) is 0 Å². The second-order valence-corrected chi connectivity index (χ2v) is 4.05. The Kier molecular flexibility index (Phi) is 2.99. The molecule has 5 heteroatoms. The first-order chi connectivity index (χ1) is 8.06. The molecular formula is C12H13NO4. The minimum Gasteiger partial charge on any atom is -0.481 e. The van der Waals surface area contributed by atoms with Gasteiger partial charge < -0.3 is 9.84 Å². The number of nitrogens with zero attached hydrogens (tertiary/aromatic N) is 1. The van der Waals surface area contributed by atoms with Crippen molar-refractivity contribution in [3.8, 4) is 0 Å². The van der Waals surface area contributed by atoms with E-state index in [0.29, 0.717) is 0 Å². The number of carboxylic acids is 1. The Morgan fingerprint density at radius 1 is 1.47 bits per heavy atom. The van der Waals surface area contributed by atoms with Crippen molar-refractivity contribution in [1.82, 2.24) is 0 Å². The van der Waals surface area contributed by atoms with Crippen LogP contribution in [0.3, 0.4) is 0 Å². The molecule has 5 nitrogen and oxygen atoms in total. The Bertz CT molecular complexity index is 440. The smallest absolute Gasteiger partial charge is 0.414 e. The summed E-state index contributed by atoms with van der Waals surface area (Å²) in [5.41, 5.74) is 1.83. The van der Waals surface area contributed by atoms with Crippen molar-refractivity contribution in [2.24, 2.45) is 0 Å². The molecule has 0 radical (unpaired) electrons. The van der Waals surface area contributed by atoms with E-state index in [4.69, 9.17) is 9.84 Å². The number of ether oxygens (including phenoxy) is 1. The van der Waals surface area contributed by atoms with Crippen molar-refractivity contribution in [2.75, 3.05) is 11.4 Å². The molecule has 2 rings (SSSR count). The number of carboxylic acid groups (broad SMARTS) is 1. The Hall–Kier alpha value is -2.04. The second-order valence-electron chi connectivity index (χ2n) is 4.05. The molecule has 1 aliphatic heterocycles. The van der Waals surface area contributed by atoms with Crippen LogP contribution in [0.25, 0.3) is 0 Å². The zero-order chi connectivity index (χ0) is 12.4. The average Bonchev–Trinajstić information content (AvgIpc) is 2.59. The van der Waals surface area contributed by atoms with Crippen LogP contribution in [0.2, 0.25) is 0 Å². The van der Waals surface area contributed by atoms with E-state index in [-0.39, 0.29) is 13.0 Å². The van der Waals surface area contributed by atoms with Crippen LogP contribution >= 0.6 is 0 Å². The predicted octanol–water partition coefficient (Wildman–Crippen LogP) is 1.79. The van der Waals surface area contributed by atoms with E-state index in [0.717, 1.165) is 11.3 Å². The largest absolute Gasteiger partial charge is 0.481 e. The number of benzene rings is 1. The fourth-order valence-electron chi connectivity index (χ4n) is 1.76. The molecule has 0 aromatic heterocycles. The number of hydrogen-bond donors (Lipinski definition) is 1. The topological polar surface area (TPSA) is 66.8 Å². The summed E-state index contributed by atoms with van der Waals surface area (Å²) < 4.78 is 4.98. The molecule has 1 aromatic rings. The summed E-state index contributed by atoms with van der Waals surface area (Å²) in [7, 11) is 0. The number of carbonyl (C=O) groups is 2. The Morgan fingerprint density at radius 3 is 2.71 bits per heavy atom. The zero-order valence-electron chi connectivity index (χ0n) is 9.42. The van der Waals surface area contributed by atoms with Gasteiger partial charge in [-0.2, -0.15) is 0 Å². The summed E-state index contributed by atoms with van der Waals surface area (Å²) >= 11 is 0. The molecule has 1 aromatic carbocycles. The van der Waals surface area contributed by atoms with Gasteiger partial charge in [-0.05, 0) is 19.1 Å². The third kappa shape index (κ3) is 2.55. The van der Waals surface area contributed by atoms with Crippen molar-refractivity contribution in [1.29, 1.82) is 0 Å². The summed E-state index contributed by atoms with van der Waals surface area (Å²) in [6.45, 7) is 2.24. The summed E-state index contributed by atoms with van der Waals surface area (Å²) in [4.78, 5) is 23.6. The van der Waals surface area contributed by atoms with Gasteiger partial charge in [0.15, 0.2) is 0 Å². The van der Waals surface area contributed by atoms with Crippen LogP contribution in [-0.2, 0) is 9.53 Å². The van der Waals surface area contributed by atoms with Gasteiger partial charge in [0.25, 0.3) is 0 Å². The van der Waals surface area contributed by atoms with Crippen LogP contribution in [0.15, 0.2) is 24.3 Å². The number of amides is 1. The minimum atomic E-state index is -0.964. The molecule has 1 unspecified atom stereocenters. The molecule has 1 atom stereocenters. The van der Waals surface area contributed by atoms with Crippen molar-refractivity contribution < 1.29 is 19.4 Å². The van der Waals surface area contributed by atoms with Gasteiger partial charge in [0.2, 0.25) is 0 Å². The van der Waals surface area contributed by atoms with E-state index in [2.05, 4.69) is 0 Å². The third-order valence-electron chi connectivity index (χ3n) is 2.62. The molecule has 1 heterocycles. The summed E-state index contributed by atoms with van der Waals surface area (Å²) in [5, 5.41) is 8.64. The number of rotatable bonds is 3. The van der Waals surface area contributed by atoms with Crippen molar-refractivity contribution in [3.63, 3.8) is 0 Å². The molecule has 17 heavy (non-hydrogen) atoms. The number of anilines is 1. The first-order valence-electron chi connectivity index (χ1n) is 5.33. The fraction of sp³-hybridized carbons (Fsp3) is 0.333. The SMILES string of the molecule is Cc1ccc(N2CC(CC(=O)O)OC2=O)cc1. The molecule has 1 N–H and O–H groups in total. The predicted molar refractivity (Wildman–Crippen MR) is 61.0 cm³/mol. The molecule has 1 saturated heterocycles. The zero-order valence-corrected chi connectivity index (χ0v) is 9.42. The second kappa shape index (κ2) is 4.45. The molecular weight excluding hydrogens is 222 g/mol. The Balaban J connectivity index is 2.10. The molecule has 0 saturated carbocycles. The number of carbonyl (C=O) groups excluding carboxylic acids is 1. The van der Waals surface area contributed by atoms with E-state index < -0.39 is 18.2 Å². The quantitative estimate of drug-likeness (QED) is 0.867. The van der Waals surface area contributed by atoms with Crippen LogP contribution in [-0.4, -0.2) is 29.8 Å². The van der Waals surface area contributed by atoms with Crippen LogP contribution in [0, 0.1) is 6.92 Å². The summed E-state index contributed by atoms with van der Waals surface area (Å²) in [6, 6.07) is 7.43. The maximum absolute atomic E-state index is 11.6. The number of aliphatic carboxylic acids is 1. The van der Waals surface area contributed by atoms with E-state index in [1.807, 2.05) is 31.2 Å². The first kappa shape index (κ1) is 11.4. The lowest BCUT2D eigenvalue weighted by Gasteiger charge is -2.12. The number of cyclic esters (lactones) is 1. The minimum absolute atomic E-state index is 0.159. The Labute approximate surface area is 98.6 Å². The van der Waals surface area contributed by atoms with E-state index in [1.165, 1.54) is 4.90 Å². The van der Waals surface area contributed by atoms with Gasteiger partial charge in [-0.25, -0.2) is 4.79 Å². The van der Waals surface area contributed by atoms with Gasteiger partial charge in [-0.15, -0.1) is 0 Å². The van der Waals surface area contributed by atoms with Crippen LogP contribution < -0.4 is 4.90 Å². The summed E-state index contributed by atoms with van der Waals surface area (Å²) in [5.74, 6) is -0.964. The van der Waals surface area contributed by atoms with Gasteiger partial charge in [-0.3, -0.25) is 9.69 Å². The van der Waals surface area contributed by atoms with Crippen LogP contribution in [0.1, 0.15) is 12.0 Å². The lowest BCUT2D eigenvalue weighted by Crippen LogP contribution is -2.25. The molecule has 0 aliphatic carbocycles. The summed E-state index contributed by atoms with van der Waals surface area (Å²) in [6.07, 6.45) is -1.21. The van der Waals surface area contributed by atoms with E-state index in [9.17, 15) is 9.59 Å². The molecule has 1 aliphatic rings. The van der Waals surface area contributed by atoms with Gasteiger partial charge in [-0.1, -0.05) is 17.7 Å². The highest BCUT2D eigenvalue weighted by molar-refractivity contribution is 5.90. The standard InChI is InChI=1S/C12H13NO4/c1-8-2-4-9(5-3-8)13-7-10(6-11(14)15)17-12(13)16/h2-5,10H,6-7H2,1H3,(H,14,15). The van der Waals surface area contributed by atoms with Gasteiger partial charge in [0, 0.05) is 5.69 Å². The van der Waals surface area contributed by atoms with Gasteiger partial charge in [0.1, 0.15) is 6.10 Å². The lowest BCUT2D eigenvalue weighted by atomic mass is 10.2. The van der Waals surface area contributed by atoms with Crippen molar-refractivity contribution in [2.45, 2.75) is 19.4 Å². The van der Waals surface area contributed by atoms with Crippen molar-refractivity contribution >= 4 is 17.7 Å². The fourth-order valence-corrected chi connectivity index (χ4v) is 1.76. The Morgan fingerprint density at radius 2 is 2.12 bits per heavy atom. The average molecular weight is 235 g/mol. The van der Waals surface area contributed by atoms with E-state index >= 15 is 0 Å². The molecule has 1 amide bonds. The molecule has 0 bridgehead atoms. The normalized spacial score (nSPS) is 19.2. The lowest BCUT2D eigenvalue weighted by molar-refractivity contribution is -0.138. The third-order valence-corrected chi connectivity index (χ3v) is 2.62. The molecule has 0 spiro atoms. The highest BCUT2D eigenvalue weighted by Gasteiger charge is 2.33. The van der Waals surface area contributed by atoms with Crippen molar-refractivity contribution in [3.05, 3.63) is 29.8 Å². The number of aryl methyl sites for hydroxylation is 1. The monoisotopic (exact) mass is 235 g/mol. The van der Waals surface area contributed by atoms with Crippen LogP contribution in [0.4, 0.5) is 10.5 Å². The maximum Gasteiger partial charge on any atom is 0.414 e. The number of hydrogen-bond acceptors (Lipinski definition) is 3. The highest BCUT2D eigenvalue weighted by Crippen LogP contribution is 2.23. The van der Waals surface area contributed by atoms with Gasteiger partial charge in [0.05, 0.1) is 13.0 Å². The van der Waals surface area contributed by atoms with Gasteiger partial charge >= 0.3 is 12.1 Å². The molecule has 1 fully saturated rings. The molecule has 90 valence electrons. The maximum atomic E-state index is 11.6. The van der Waals surface area contributed by atoms with E-state index in [1.54, 1.807) is 0 Å². The first-order valence-corrected chi connectivity index (χ1v) is 5.33.